The number of rotatable bonds is 16. The number of benzene rings is 2. The lowest BCUT2D eigenvalue weighted by Gasteiger charge is -2.35. The van der Waals surface area contributed by atoms with Crippen LogP contribution in [-0.4, -0.2) is 54.0 Å². The zero-order chi connectivity index (χ0) is 32.7. The van der Waals surface area contributed by atoms with E-state index in [1.54, 1.807) is 76.4 Å². The van der Waals surface area contributed by atoms with Gasteiger partial charge < -0.3 is 30.7 Å². The van der Waals surface area contributed by atoms with Gasteiger partial charge in [0, 0.05) is 17.8 Å². The lowest BCUT2D eigenvalue weighted by Crippen LogP contribution is -2.53. The fraction of sp³-hybridized carbons (Fsp3) is 0.471. The highest BCUT2D eigenvalue weighted by atomic mass is 16.6. The van der Waals surface area contributed by atoms with Gasteiger partial charge in [-0.3, -0.25) is 14.4 Å². The minimum Gasteiger partial charge on any atom is -0.497 e. The van der Waals surface area contributed by atoms with Gasteiger partial charge in [-0.05, 0) is 63.1 Å². The van der Waals surface area contributed by atoms with Gasteiger partial charge in [-0.15, -0.1) is 6.42 Å². The number of terminal acetylenes is 1. The first-order chi connectivity index (χ1) is 20.9. The summed E-state index contributed by atoms with van der Waals surface area (Å²) in [6.45, 7) is 7.33. The lowest BCUT2D eigenvalue weighted by atomic mass is 9.96. The number of unbranched alkanes of at least 4 members (excludes halogenated alkanes) is 5. The number of nitrogens with two attached hydrogens (primary N) is 1. The topological polar surface area (TPSA) is 140 Å². The number of carbonyl (C=O) groups is 4. The Hall–Kier alpha value is -4.52. The molecular weight excluding hydrogens is 560 g/mol. The number of ether oxygens (including phenoxy) is 2. The molecule has 2 atom stereocenters. The molecule has 0 spiro atoms. The second-order valence-electron chi connectivity index (χ2n) is 11.5. The monoisotopic (exact) mass is 606 g/mol. The molecule has 0 fully saturated rings. The molecule has 4 N–H and O–H groups in total. The van der Waals surface area contributed by atoms with E-state index in [9.17, 15) is 19.2 Å². The van der Waals surface area contributed by atoms with E-state index in [1.807, 2.05) is 0 Å². The van der Waals surface area contributed by atoms with Crippen molar-refractivity contribution in [2.24, 2.45) is 5.73 Å². The van der Waals surface area contributed by atoms with Crippen LogP contribution in [0.2, 0.25) is 0 Å². The van der Waals surface area contributed by atoms with Crippen LogP contribution in [0.5, 0.6) is 5.75 Å². The van der Waals surface area contributed by atoms with Crippen LogP contribution in [0.25, 0.3) is 0 Å². The molecule has 0 saturated heterocycles. The third-order valence-corrected chi connectivity index (χ3v) is 6.76. The maximum Gasteiger partial charge on any atom is 0.408 e. The van der Waals surface area contributed by atoms with E-state index in [1.165, 1.54) is 4.90 Å². The molecule has 4 amide bonds. The van der Waals surface area contributed by atoms with Gasteiger partial charge in [0.15, 0.2) is 0 Å². The van der Waals surface area contributed by atoms with Gasteiger partial charge in [0.25, 0.3) is 5.91 Å². The molecule has 0 bridgehead atoms. The highest BCUT2D eigenvalue weighted by Gasteiger charge is 2.37. The summed E-state index contributed by atoms with van der Waals surface area (Å²) in [5.74, 6) is 1.24. The van der Waals surface area contributed by atoms with Gasteiger partial charge in [0.05, 0.1) is 13.5 Å². The van der Waals surface area contributed by atoms with E-state index in [0.717, 1.165) is 32.1 Å². The summed E-state index contributed by atoms with van der Waals surface area (Å²) in [6.07, 6.45) is 10.0. The largest absolute Gasteiger partial charge is 0.497 e. The van der Waals surface area contributed by atoms with Crippen LogP contribution in [0, 0.1) is 12.3 Å². The summed E-state index contributed by atoms with van der Waals surface area (Å²) < 4.78 is 10.6. The molecule has 44 heavy (non-hydrogen) atoms. The van der Waals surface area contributed by atoms with E-state index in [0.29, 0.717) is 29.0 Å². The van der Waals surface area contributed by atoms with Gasteiger partial charge in [0.1, 0.15) is 23.4 Å². The molecule has 0 aliphatic carbocycles. The Morgan fingerprint density at radius 1 is 0.977 bits per heavy atom. The van der Waals surface area contributed by atoms with Crippen LogP contribution in [0.15, 0.2) is 48.5 Å². The molecule has 0 aliphatic rings. The fourth-order valence-corrected chi connectivity index (χ4v) is 4.68. The second-order valence-corrected chi connectivity index (χ2v) is 11.5. The Labute approximate surface area is 261 Å². The highest BCUT2D eigenvalue weighted by Crippen LogP contribution is 2.28. The van der Waals surface area contributed by atoms with E-state index in [2.05, 4.69) is 23.5 Å². The smallest absolute Gasteiger partial charge is 0.408 e. The third kappa shape index (κ3) is 11.6. The van der Waals surface area contributed by atoms with Crippen molar-refractivity contribution in [2.75, 3.05) is 19.0 Å². The maximum absolute atomic E-state index is 14.3. The Bertz CT molecular complexity index is 1300. The van der Waals surface area contributed by atoms with Crippen LogP contribution in [-0.2, 0) is 19.1 Å². The molecule has 2 aromatic carbocycles. The third-order valence-electron chi connectivity index (χ3n) is 6.76. The van der Waals surface area contributed by atoms with E-state index < -0.39 is 47.9 Å². The SMILES string of the molecule is C#Cc1ccccc1C(C(=O)Nc1ccc(OC)cc1)N(CCCCCCCC)C(=O)C(CC(N)=O)NC(=O)OC(C)(C)C. The molecule has 2 rings (SSSR count). The number of nitrogens with one attached hydrogen (secondary N) is 2. The van der Waals surface area contributed by atoms with Crippen molar-refractivity contribution in [3.8, 4) is 18.1 Å². The number of hydrogen-bond acceptors (Lipinski definition) is 6. The summed E-state index contributed by atoms with van der Waals surface area (Å²) in [6, 6.07) is 11.1. The predicted molar refractivity (Wildman–Crippen MR) is 171 cm³/mol. The summed E-state index contributed by atoms with van der Waals surface area (Å²) in [5, 5.41) is 5.39. The summed E-state index contributed by atoms with van der Waals surface area (Å²) in [7, 11) is 1.54. The van der Waals surface area contributed by atoms with Crippen LogP contribution in [0.1, 0.15) is 89.8 Å². The number of alkyl carbamates (subject to hydrolysis) is 1. The Morgan fingerprint density at radius 2 is 1.61 bits per heavy atom. The minimum absolute atomic E-state index is 0.163. The molecule has 0 radical (unpaired) electrons. The first-order valence-corrected chi connectivity index (χ1v) is 15.0. The average Bonchev–Trinajstić information content (AvgIpc) is 2.96. The molecule has 238 valence electrons. The number of hydrogen-bond donors (Lipinski definition) is 3. The molecule has 2 aromatic rings. The second kappa shape index (κ2) is 17.6. The van der Waals surface area contributed by atoms with Crippen LogP contribution < -0.4 is 21.1 Å². The number of anilines is 1. The number of nitrogens with zero attached hydrogens (tertiary/aromatic N) is 1. The molecular formula is C34H46N4O6. The van der Waals surface area contributed by atoms with Crippen molar-refractivity contribution in [1.29, 1.82) is 0 Å². The Balaban J connectivity index is 2.57. The first kappa shape index (κ1) is 35.7. The van der Waals surface area contributed by atoms with Gasteiger partial charge in [-0.1, -0.05) is 63.1 Å². The van der Waals surface area contributed by atoms with Crippen molar-refractivity contribution in [3.05, 3.63) is 59.7 Å². The Kier molecular flexibility index (Phi) is 14.2. The van der Waals surface area contributed by atoms with Crippen molar-refractivity contribution in [1.82, 2.24) is 10.2 Å². The molecule has 10 nitrogen and oxygen atoms in total. The maximum atomic E-state index is 14.3. The van der Waals surface area contributed by atoms with Crippen LogP contribution in [0.4, 0.5) is 10.5 Å². The fourth-order valence-electron chi connectivity index (χ4n) is 4.68. The van der Waals surface area contributed by atoms with Gasteiger partial charge in [0.2, 0.25) is 11.8 Å². The minimum atomic E-state index is -1.38. The molecule has 0 aromatic heterocycles. The molecule has 10 heteroatoms. The van der Waals surface area contributed by atoms with Crippen molar-refractivity contribution in [2.45, 2.75) is 90.3 Å². The van der Waals surface area contributed by atoms with E-state index in [-0.39, 0.29) is 6.54 Å². The number of amides is 4. The van der Waals surface area contributed by atoms with Crippen LogP contribution in [0.3, 0.4) is 0 Å². The van der Waals surface area contributed by atoms with Gasteiger partial charge >= 0.3 is 6.09 Å². The van der Waals surface area contributed by atoms with Gasteiger partial charge in [-0.2, -0.15) is 0 Å². The molecule has 0 heterocycles. The number of methoxy groups -OCH3 is 1. The highest BCUT2D eigenvalue weighted by molar-refractivity contribution is 6.00. The van der Waals surface area contributed by atoms with Gasteiger partial charge in [-0.25, -0.2) is 4.79 Å². The number of carbonyl (C=O) groups excluding carboxylic acids is 4. The predicted octanol–water partition coefficient (Wildman–Crippen LogP) is 5.31. The number of primary amides is 1. The van der Waals surface area contributed by atoms with Crippen molar-refractivity contribution >= 4 is 29.5 Å². The zero-order valence-electron chi connectivity index (χ0n) is 26.5. The lowest BCUT2D eigenvalue weighted by molar-refractivity contribution is -0.142. The summed E-state index contributed by atoms with van der Waals surface area (Å²) >= 11 is 0. The van der Waals surface area contributed by atoms with Crippen molar-refractivity contribution < 1.29 is 28.7 Å². The molecule has 0 saturated carbocycles. The summed E-state index contributed by atoms with van der Waals surface area (Å²) in [4.78, 5) is 54.6. The standard InChI is InChI=1S/C34H46N4O6/c1-7-9-10-11-12-15-22-38(32(41)28(23-29(35)39)37-33(42)44-34(3,4)5)30(27-17-14-13-16-24(27)8-2)31(40)36-25-18-20-26(43-6)21-19-25/h2,13-14,16-21,28,30H,7,9-12,15,22-23H2,1,3-6H3,(H2,35,39)(H,36,40)(H,37,42). The van der Waals surface area contributed by atoms with Crippen molar-refractivity contribution in [3.63, 3.8) is 0 Å². The summed E-state index contributed by atoms with van der Waals surface area (Å²) in [5.41, 5.74) is 5.98. The van der Waals surface area contributed by atoms with E-state index in [4.69, 9.17) is 21.6 Å². The quantitative estimate of drug-likeness (QED) is 0.175. The molecule has 0 aliphatic heterocycles. The average molecular weight is 607 g/mol. The Morgan fingerprint density at radius 3 is 2.20 bits per heavy atom. The molecule has 2 unspecified atom stereocenters. The first-order valence-electron chi connectivity index (χ1n) is 15.0. The normalized spacial score (nSPS) is 12.3. The van der Waals surface area contributed by atoms with Crippen LogP contribution >= 0.6 is 0 Å². The van der Waals surface area contributed by atoms with E-state index >= 15 is 0 Å². The zero-order valence-corrected chi connectivity index (χ0v) is 26.5.